The van der Waals surface area contributed by atoms with Crippen LogP contribution in [0.1, 0.15) is 0 Å². The van der Waals surface area contributed by atoms with Gasteiger partial charge in [-0.1, -0.05) is 146 Å². The normalized spacial score (nSPS) is 12.0. The molecule has 0 radical (unpaired) electrons. The third kappa shape index (κ3) is 5.66. The first-order chi connectivity index (χ1) is 34.7. The Balaban J connectivity index is 1.03. The Bertz CT molecular complexity index is 4510. The van der Waals surface area contributed by atoms with Crippen LogP contribution in [0.3, 0.4) is 0 Å². The number of furan rings is 1. The van der Waals surface area contributed by atoms with E-state index in [0.717, 1.165) is 105 Å². The molecule has 0 spiro atoms. The lowest BCUT2D eigenvalue weighted by atomic mass is 10.00. The van der Waals surface area contributed by atoms with Gasteiger partial charge in [-0.15, -0.1) is 0 Å². The van der Waals surface area contributed by atoms with E-state index in [2.05, 4.69) is 184 Å². The summed E-state index contributed by atoms with van der Waals surface area (Å²) in [7, 11) is 0. The van der Waals surface area contributed by atoms with Gasteiger partial charge in [0.1, 0.15) is 11.2 Å². The lowest BCUT2D eigenvalue weighted by Gasteiger charge is -2.11. The van der Waals surface area contributed by atoms with Crippen molar-refractivity contribution >= 4 is 87.4 Å². The molecule has 15 aromatic rings. The van der Waals surface area contributed by atoms with Crippen LogP contribution in [0.15, 0.2) is 235 Å². The predicted octanol–water partition coefficient (Wildman–Crippen LogP) is 16.1. The number of aromatic nitrogens is 6. The average molecular weight is 895 g/mol. The summed E-state index contributed by atoms with van der Waals surface area (Å²) in [6.07, 6.45) is 0. The highest BCUT2D eigenvalue weighted by Crippen LogP contribution is 2.46. The van der Waals surface area contributed by atoms with Crippen LogP contribution in [0.4, 0.5) is 0 Å². The third-order valence-electron chi connectivity index (χ3n) is 14.1. The van der Waals surface area contributed by atoms with Crippen molar-refractivity contribution in [2.24, 2.45) is 0 Å². The van der Waals surface area contributed by atoms with Crippen LogP contribution in [0.25, 0.3) is 139 Å². The molecule has 0 atom stereocenters. The van der Waals surface area contributed by atoms with Crippen molar-refractivity contribution in [1.82, 2.24) is 28.7 Å². The van der Waals surface area contributed by atoms with Gasteiger partial charge in [-0.3, -0.25) is 4.57 Å². The van der Waals surface area contributed by atoms with E-state index in [0.29, 0.717) is 17.6 Å². The maximum atomic E-state index is 7.39. The maximum Gasteiger partial charge on any atom is 0.238 e. The number of fused-ring (bicyclic) bond motifs is 14. The van der Waals surface area contributed by atoms with Crippen LogP contribution < -0.4 is 0 Å². The van der Waals surface area contributed by atoms with Gasteiger partial charge >= 0.3 is 0 Å². The molecule has 7 heteroatoms. The largest absolute Gasteiger partial charge is 0.455 e. The molecular formula is C63H38N6O. The van der Waals surface area contributed by atoms with Gasteiger partial charge in [0.25, 0.3) is 0 Å². The van der Waals surface area contributed by atoms with Gasteiger partial charge in [-0.2, -0.15) is 9.97 Å². The molecule has 7 nitrogen and oxygen atoms in total. The number of hydrogen-bond acceptors (Lipinski definition) is 4. The van der Waals surface area contributed by atoms with Crippen molar-refractivity contribution in [2.75, 3.05) is 0 Å². The molecule has 0 N–H and O–H groups in total. The molecule has 0 aliphatic carbocycles. The van der Waals surface area contributed by atoms with Gasteiger partial charge < -0.3 is 13.6 Å². The minimum Gasteiger partial charge on any atom is -0.455 e. The first-order valence-electron chi connectivity index (χ1n) is 23.6. The Labute approximate surface area is 400 Å². The highest BCUT2D eigenvalue weighted by molar-refractivity contribution is 6.29. The minimum absolute atomic E-state index is 0.527. The summed E-state index contributed by atoms with van der Waals surface area (Å²) < 4.78 is 14.3. The summed E-state index contributed by atoms with van der Waals surface area (Å²) in [4.78, 5) is 15.6. The zero-order valence-electron chi connectivity index (χ0n) is 37.5. The number of rotatable bonds is 6. The van der Waals surface area contributed by atoms with E-state index in [1.165, 1.54) is 16.3 Å². The Kier molecular flexibility index (Phi) is 8.23. The minimum atomic E-state index is 0.527. The van der Waals surface area contributed by atoms with Crippen molar-refractivity contribution in [3.05, 3.63) is 231 Å². The van der Waals surface area contributed by atoms with Crippen LogP contribution >= 0.6 is 0 Å². The number of para-hydroxylation sites is 4. The molecule has 5 aromatic heterocycles. The molecule has 0 saturated heterocycles. The smallest absolute Gasteiger partial charge is 0.238 e. The lowest BCUT2D eigenvalue weighted by Crippen LogP contribution is -2.06. The highest BCUT2D eigenvalue weighted by Gasteiger charge is 2.25. The fourth-order valence-corrected chi connectivity index (χ4v) is 11.0. The zero-order chi connectivity index (χ0) is 45.9. The SMILES string of the molecule is c1ccc(-c2nc(-c3ccccc3)nc(-n3c4ccc(-c5ccc6c(c5)c5ccccc5n6-c5ccccc5)cc4c4c5oc6c(ccc7c6c6ccccc6n7-c6ccccc6)c5ccc43)n2)cc1. The zero-order valence-corrected chi connectivity index (χ0v) is 37.5. The van der Waals surface area contributed by atoms with E-state index in [4.69, 9.17) is 19.4 Å². The van der Waals surface area contributed by atoms with Gasteiger partial charge in [-0.25, -0.2) is 4.98 Å². The van der Waals surface area contributed by atoms with Crippen molar-refractivity contribution in [3.8, 4) is 51.2 Å². The van der Waals surface area contributed by atoms with E-state index in [1.54, 1.807) is 0 Å². The molecule has 15 rings (SSSR count). The average Bonchev–Trinajstić information content (AvgIpc) is 4.18. The standard InChI is InChI=1S/C63H38N6O/c1-5-17-39(18-6-1)61-64-62(40-19-7-2-8-20-40)66-63(65-61)69-54-34-30-42(41-29-33-53-49(37-41)45-25-13-15-27-51(45)67(53)43-21-9-3-10-22-43)38-50(54)58-56(69)36-32-47-46-31-35-55-57(59(46)70-60(47)58)48-26-14-16-28-52(48)68(55)44-23-11-4-12-24-44/h1-38H. The van der Waals surface area contributed by atoms with E-state index < -0.39 is 0 Å². The predicted molar refractivity (Wildman–Crippen MR) is 286 cm³/mol. The molecule has 326 valence electrons. The van der Waals surface area contributed by atoms with Crippen LogP contribution in [0.5, 0.6) is 0 Å². The second kappa shape index (κ2) is 15.0. The van der Waals surface area contributed by atoms with Crippen LogP contribution in [-0.2, 0) is 0 Å². The van der Waals surface area contributed by atoms with Crippen molar-refractivity contribution < 1.29 is 4.42 Å². The van der Waals surface area contributed by atoms with Gasteiger partial charge in [0.05, 0.1) is 43.9 Å². The third-order valence-corrected chi connectivity index (χ3v) is 14.1. The summed E-state index contributed by atoms with van der Waals surface area (Å²) in [5, 5.41) is 8.79. The number of benzene rings is 10. The Hall–Kier alpha value is -9.59. The second-order valence-electron chi connectivity index (χ2n) is 18.0. The monoisotopic (exact) mass is 894 g/mol. The first-order valence-corrected chi connectivity index (χ1v) is 23.6. The summed E-state index contributed by atoms with van der Waals surface area (Å²) in [5.41, 5.74) is 14.4. The number of nitrogens with zero attached hydrogens (tertiary/aromatic N) is 6. The Morgan fingerprint density at radius 3 is 1.27 bits per heavy atom. The Morgan fingerprint density at radius 2 is 0.686 bits per heavy atom. The van der Waals surface area contributed by atoms with Gasteiger partial charge in [0.15, 0.2) is 11.6 Å². The van der Waals surface area contributed by atoms with Gasteiger partial charge in [0, 0.05) is 54.8 Å². The first kappa shape index (κ1) is 38.5. The Morgan fingerprint density at radius 1 is 0.271 bits per heavy atom. The van der Waals surface area contributed by atoms with Crippen LogP contribution in [-0.4, -0.2) is 28.7 Å². The summed E-state index contributed by atoms with van der Waals surface area (Å²) in [5.74, 6) is 1.72. The van der Waals surface area contributed by atoms with E-state index in [1.807, 2.05) is 60.7 Å². The number of hydrogen-bond donors (Lipinski definition) is 0. The topological polar surface area (TPSA) is 66.6 Å². The molecule has 0 fully saturated rings. The fraction of sp³-hybridized carbons (Fsp3) is 0. The van der Waals surface area contributed by atoms with Crippen molar-refractivity contribution in [2.45, 2.75) is 0 Å². The van der Waals surface area contributed by atoms with E-state index in [-0.39, 0.29) is 0 Å². The summed E-state index contributed by atoms with van der Waals surface area (Å²) in [6, 6.07) is 81.3. The van der Waals surface area contributed by atoms with E-state index in [9.17, 15) is 0 Å². The van der Waals surface area contributed by atoms with Crippen molar-refractivity contribution in [3.63, 3.8) is 0 Å². The maximum absolute atomic E-state index is 7.39. The molecular weight excluding hydrogens is 857 g/mol. The summed E-state index contributed by atoms with van der Waals surface area (Å²) >= 11 is 0. The van der Waals surface area contributed by atoms with Crippen LogP contribution in [0, 0.1) is 0 Å². The molecule has 0 amide bonds. The molecule has 0 saturated carbocycles. The second-order valence-corrected chi connectivity index (χ2v) is 18.0. The quantitative estimate of drug-likeness (QED) is 0.167. The molecule has 5 heterocycles. The lowest BCUT2D eigenvalue weighted by molar-refractivity contribution is 0.677. The fourth-order valence-electron chi connectivity index (χ4n) is 11.0. The molecule has 0 bridgehead atoms. The molecule has 10 aromatic carbocycles. The van der Waals surface area contributed by atoms with Gasteiger partial charge in [0.2, 0.25) is 5.95 Å². The van der Waals surface area contributed by atoms with E-state index >= 15 is 0 Å². The highest BCUT2D eigenvalue weighted by atomic mass is 16.3. The summed E-state index contributed by atoms with van der Waals surface area (Å²) in [6.45, 7) is 0. The van der Waals surface area contributed by atoms with Crippen molar-refractivity contribution in [1.29, 1.82) is 0 Å². The molecule has 0 aliphatic heterocycles. The molecule has 70 heavy (non-hydrogen) atoms. The molecule has 0 aliphatic rings. The van der Waals surface area contributed by atoms with Crippen LogP contribution in [0.2, 0.25) is 0 Å². The molecule has 0 unspecified atom stereocenters. The van der Waals surface area contributed by atoms with Gasteiger partial charge in [-0.05, 0) is 96.1 Å².